The normalized spacial score (nSPS) is 10.1. The predicted molar refractivity (Wildman–Crippen MR) is 75.0 cm³/mol. The first kappa shape index (κ1) is 13.5. The van der Waals surface area contributed by atoms with Gasteiger partial charge in [0.15, 0.2) is 0 Å². The van der Waals surface area contributed by atoms with Crippen LogP contribution in [0, 0.1) is 5.82 Å². The molecule has 0 bridgehead atoms. The summed E-state index contributed by atoms with van der Waals surface area (Å²) < 4.78 is 18.7. The third-order valence-corrected chi connectivity index (χ3v) is 3.17. The lowest BCUT2D eigenvalue weighted by molar-refractivity contribution is 0.102. The van der Waals surface area contributed by atoms with Gasteiger partial charge in [-0.2, -0.15) is 0 Å². The molecule has 0 atom stereocenters. The summed E-state index contributed by atoms with van der Waals surface area (Å²) >= 11 is 3.04. The lowest BCUT2D eigenvalue weighted by Gasteiger charge is -2.06. The monoisotopic (exact) mass is 323 g/mol. The topological polar surface area (TPSA) is 38.3 Å². The van der Waals surface area contributed by atoms with E-state index >= 15 is 0 Å². The molecule has 2 rings (SSSR count). The Labute approximate surface area is 118 Å². The number of hydrogen-bond acceptors (Lipinski definition) is 2. The second-order valence-corrected chi connectivity index (χ2v) is 4.67. The van der Waals surface area contributed by atoms with Crippen molar-refractivity contribution in [1.82, 2.24) is 0 Å². The van der Waals surface area contributed by atoms with Crippen LogP contribution < -0.4 is 10.1 Å². The maximum Gasteiger partial charge on any atom is 0.255 e. The summed E-state index contributed by atoms with van der Waals surface area (Å²) in [5, 5.41) is 2.68. The fourth-order valence-corrected chi connectivity index (χ4v) is 1.76. The smallest absolute Gasteiger partial charge is 0.255 e. The molecule has 0 aliphatic rings. The van der Waals surface area contributed by atoms with Crippen molar-refractivity contribution in [2.24, 2.45) is 0 Å². The molecule has 98 valence electrons. The van der Waals surface area contributed by atoms with Crippen LogP contribution in [0.2, 0.25) is 0 Å². The molecule has 0 aromatic heterocycles. The van der Waals surface area contributed by atoms with Gasteiger partial charge >= 0.3 is 0 Å². The van der Waals surface area contributed by atoms with E-state index in [1.807, 2.05) is 0 Å². The van der Waals surface area contributed by atoms with Crippen molar-refractivity contribution in [2.75, 3.05) is 12.4 Å². The zero-order valence-corrected chi connectivity index (χ0v) is 11.7. The molecular formula is C14H11BrFNO2. The second-order valence-electron chi connectivity index (χ2n) is 3.81. The van der Waals surface area contributed by atoms with Gasteiger partial charge < -0.3 is 10.1 Å². The van der Waals surface area contributed by atoms with Gasteiger partial charge in [0, 0.05) is 11.3 Å². The van der Waals surface area contributed by atoms with Crippen LogP contribution in [0.25, 0.3) is 0 Å². The third-order valence-electron chi connectivity index (χ3n) is 2.53. The van der Waals surface area contributed by atoms with E-state index in [1.165, 1.54) is 12.1 Å². The van der Waals surface area contributed by atoms with Crippen LogP contribution in [-0.2, 0) is 0 Å². The Kier molecular flexibility index (Phi) is 4.16. The van der Waals surface area contributed by atoms with Gasteiger partial charge in [-0.25, -0.2) is 4.39 Å². The Balaban J connectivity index is 2.13. The number of hydrogen-bond donors (Lipinski definition) is 1. The molecule has 0 aliphatic heterocycles. The van der Waals surface area contributed by atoms with Crippen LogP contribution in [-0.4, -0.2) is 13.0 Å². The lowest BCUT2D eigenvalue weighted by atomic mass is 10.2. The van der Waals surface area contributed by atoms with Crippen molar-refractivity contribution in [2.45, 2.75) is 0 Å². The SMILES string of the molecule is COc1ccc(NC(=O)c2ccc(Br)c(F)c2)cc1. The molecule has 0 heterocycles. The number of ether oxygens (including phenoxy) is 1. The summed E-state index contributed by atoms with van der Waals surface area (Å²) in [6, 6.07) is 11.1. The van der Waals surface area contributed by atoms with Gasteiger partial charge in [-0.05, 0) is 58.4 Å². The highest BCUT2D eigenvalue weighted by Gasteiger charge is 2.09. The Morgan fingerprint density at radius 3 is 2.47 bits per heavy atom. The van der Waals surface area contributed by atoms with Gasteiger partial charge in [-0.3, -0.25) is 4.79 Å². The minimum absolute atomic E-state index is 0.261. The molecule has 0 aliphatic carbocycles. The summed E-state index contributed by atoms with van der Waals surface area (Å²) in [6.07, 6.45) is 0. The van der Waals surface area contributed by atoms with E-state index in [-0.39, 0.29) is 11.5 Å². The fraction of sp³-hybridized carbons (Fsp3) is 0.0714. The van der Waals surface area contributed by atoms with E-state index in [4.69, 9.17) is 4.74 Å². The van der Waals surface area contributed by atoms with Crippen molar-refractivity contribution in [3.05, 3.63) is 58.3 Å². The van der Waals surface area contributed by atoms with Gasteiger partial charge in [0.1, 0.15) is 11.6 Å². The molecule has 0 unspecified atom stereocenters. The van der Waals surface area contributed by atoms with Crippen LogP contribution in [0.1, 0.15) is 10.4 Å². The minimum Gasteiger partial charge on any atom is -0.497 e. The molecule has 2 aromatic carbocycles. The molecule has 0 radical (unpaired) electrons. The van der Waals surface area contributed by atoms with Crippen LogP contribution >= 0.6 is 15.9 Å². The minimum atomic E-state index is -0.470. The highest BCUT2D eigenvalue weighted by atomic mass is 79.9. The number of carbonyl (C=O) groups is 1. The van der Waals surface area contributed by atoms with Crippen molar-refractivity contribution < 1.29 is 13.9 Å². The van der Waals surface area contributed by atoms with E-state index in [0.717, 1.165) is 0 Å². The van der Waals surface area contributed by atoms with E-state index in [2.05, 4.69) is 21.2 Å². The van der Waals surface area contributed by atoms with Crippen molar-refractivity contribution in [3.63, 3.8) is 0 Å². The van der Waals surface area contributed by atoms with Crippen LogP contribution in [0.4, 0.5) is 10.1 Å². The van der Waals surface area contributed by atoms with E-state index in [0.29, 0.717) is 15.9 Å². The summed E-state index contributed by atoms with van der Waals surface area (Å²) in [7, 11) is 1.57. The molecular weight excluding hydrogens is 313 g/mol. The molecule has 5 heteroatoms. The van der Waals surface area contributed by atoms with E-state index in [1.54, 1.807) is 37.4 Å². The number of benzene rings is 2. The van der Waals surface area contributed by atoms with Gasteiger partial charge in [-0.15, -0.1) is 0 Å². The highest BCUT2D eigenvalue weighted by molar-refractivity contribution is 9.10. The van der Waals surface area contributed by atoms with Gasteiger partial charge in [0.2, 0.25) is 0 Å². The van der Waals surface area contributed by atoms with Gasteiger partial charge in [0.25, 0.3) is 5.91 Å². The summed E-state index contributed by atoms with van der Waals surface area (Å²) in [5.74, 6) is -0.133. The number of halogens is 2. The first-order chi connectivity index (χ1) is 9.10. The Hall–Kier alpha value is -1.88. The zero-order chi connectivity index (χ0) is 13.8. The maximum atomic E-state index is 13.3. The van der Waals surface area contributed by atoms with E-state index in [9.17, 15) is 9.18 Å². The molecule has 19 heavy (non-hydrogen) atoms. The molecule has 2 aromatic rings. The predicted octanol–water partition coefficient (Wildman–Crippen LogP) is 3.85. The van der Waals surface area contributed by atoms with Crippen molar-refractivity contribution >= 4 is 27.5 Å². The number of nitrogens with one attached hydrogen (secondary N) is 1. The number of methoxy groups -OCH3 is 1. The van der Waals surface area contributed by atoms with E-state index < -0.39 is 5.82 Å². The number of carbonyl (C=O) groups excluding carboxylic acids is 1. The average molecular weight is 324 g/mol. The summed E-state index contributed by atoms with van der Waals surface area (Å²) in [5.41, 5.74) is 0.880. The fourth-order valence-electron chi connectivity index (χ4n) is 1.51. The first-order valence-corrected chi connectivity index (χ1v) is 6.30. The Morgan fingerprint density at radius 2 is 1.89 bits per heavy atom. The molecule has 0 spiro atoms. The lowest BCUT2D eigenvalue weighted by Crippen LogP contribution is -2.12. The maximum absolute atomic E-state index is 13.3. The molecule has 0 saturated heterocycles. The van der Waals surface area contributed by atoms with Gasteiger partial charge in [0.05, 0.1) is 11.6 Å². The number of amides is 1. The Morgan fingerprint density at radius 1 is 1.21 bits per heavy atom. The highest BCUT2D eigenvalue weighted by Crippen LogP contribution is 2.19. The summed E-state index contributed by atoms with van der Waals surface area (Å²) in [6.45, 7) is 0. The standard InChI is InChI=1S/C14H11BrFNO2/c1-19-11-5-3-10(4-6-11)17-14(18)9-2-7-12(15)13(16)8-9/h2-8H,1H3,(H,17,18). The molecule has 0 fully saturated rings. The van der Waals surface area contributed by atoms with Crippen LogP contribution in [0.3, 0.4) is 0 Å². The summed E-state index contributed by atoms with van der Waals surface area (Å²) in [4.78, 5) is 11.9. The second kappa shape index (κ2) is 5.84. The quantitative estimate of drug-likeness (QED) is 0.931. The van der Waals surface area contributed by atoms with Crippen molar-refractivity contribution in [1.29, 1.82) is 0 Å². The largest absolute Gasteiger partial charge is 0.497 e. The first-order valence-electron chi connectivity index (χ1n) is 5.50. The van der Waals surface area contributed by atoms with Gasteiger partial charge in [-0.1, -0.05) is 0 Å². The zero-order valence-electron chi connectivity index (χ0n) is 10.1. The number of anilines is 1. The Bertz CT molecular complexity index is 599. The molecule has 1 N–H and O–H groups in total. The number of rotatable bonds is 3. The van der Waals surface area contributed by atoms with Crippen molar-refractivity contribution in [3.8, 4) is 5.75 Å². The van der Waals surface area contributed by atoms with Crippen LogP contribution in [0.5, 0.6) is 5.75 Å². The molecule has 1 amide bonds. The molecule has 0 saturated carbocycles. The van der Waals surface area contributed by atoms with Crippen LogP contribution in [0.15, 0.2) is 46.9 Å². The molecule has 3 nitrogen and oxygen atoms in total. The third kappa shape index (κ3) is 3.32. The average Bonchev–Trinajstić information content (AvgIpc) is 2.42.